The summed E-state index contributed by atoms with van der Waals surface area (Å²) in [4.78, 5) is 0.531. The van der Waals surface area contributed by atoms with Crippen molar-refractivity contribution in [2.24, 2.45) is 17.8 Å². The Balaban J connectivity index is 1.55. The van der Waals surface area contributed by atoms with E-state index in [2.05, 4.69) is 40.2 Å². The third kappa shape index (κ3) is 3.28. The summed E-state index contributed by atoms with van der Waals surface area (Å²) in [7, 11) is 1.76. The van der Waals surface area contributed by atoms with Gasteiger partial charge in [0.05, 0.1) is 6.61 Å². The Bertz CT molecular complexity index is 428. The van der Waals surface area contributed by atoms with Gasteiger partial charge in [0.15, 0.2) is 0 Å². The van der Waals surface area contributed by atoms with Crippen LogP contribution >= 0.6 is 15.9 Å². The summed E-state index contributed by atoms with van der Waals surface area (Å²) in [5, 5.41) is 0. The minimum Gasteiger partial charge on any atom is -0.384 e. The fourth-order valence-electron chi connectivity index (χ4n) is 4.18. The smallest absolute Gasteiger partial charge is 0.0502 e. The lowest BCUT2D eigenvalue weighted by atomic mass is 9.84. The predicted molar refractivity (Wildman–Crippen MR) is 87.2 cm³/mol. The van der Waals surface area contributed by atoms with Crippen molar-refractivity contribution in [3.63, 3.8) is 0 Å². The average Bonchev–Trinajstić information content (AvgIpc) is 3.08. The van der Waals surface area contributed by atoms with Crippen LogP contribution in [0.3, 0.4) is 0 Å². The molecule has 0 aromatic heterocycles. The molecule has 4 atom stereocenters. The van der Waals surface area contributed by atoms with Crippen molar-refractivity contribution in [3.8, 4) is 0 Å². The first-order valence-electron chi connectivity index (χ1n) is 7.98. The molecular formula is C18H25BrO. The average molecular weight is 337 g/mol. The summed E-state index contributed by atoms with van der Waals surface area (Å²) in [5.41, 5.74) is 2.81. The normalized spacial score (nSPS) is 29.8. The number of ether oxygens (including phenoxy) is 1. The van der Waals surface area contributed by atoms with Crippen molar-refractivity contribution in [1.29, 1.82) is 0 Å². The number of benzene rings is 1. The Morgan fingerprint density at radius 1 is 1.20 bits per heavy atom. The standard InChI is InChI=1S/C18H25BrO/c1-20-9-8-13-2-5-15(6-3-13)18(19)12-17-11-14-4-7-16(17)10-14/h2-3,5-6,14,16-18H,4,7-12H2,1H3. The molecule has 0 heterocycles. The van der Waals surface area contributed by atoms with Crippen LogP contribution in [0.4, 0.5) is 0 Å². The quantitative estimate of drug-likeness (QED) is 0.653. The summed E-state index contributed by atoms with van der Waals surface area (Å²) in [5.74, 6) is 3.05. The van der Waals surface area contributed by atoms with E-state index < -0.39 is 0 Å². The molecule has 2 aliphatic rings. The van der Waals surface area contributed by atoms with Crippen LogP contribution in [0.2, 0.25) is 0 Å². The maximum absolute atomic E-state index is 5.13. The van der Waals surface area contributed by atoms with E-state index in [1.165, 1.54) is 43.2 Å². The second-order valence-corrected chi connectivity index (χ2v) is 7.73. The summed E-state index contributed by atoms with van der Waals surface area (Å²) in [6, 6.07) is 9.09. The molecule has 3 rings (SSSR count). The van der Waals surface area contributed by atoms with Crippen LogP contribution < -0.4 is 0 Å². The lowest BCUT2D eigenvalue weighted by molar-refractivity contribution is 0.202. The molecule has 4 unspecified atom stereocenters. The Morgan fingerprint density at radius 3 is 2.60 bits per heavy atom. The van der Waals surface area contributed by atoms with Crippen LogP contribution in [0.5, 0.6) is 0 Å². The van der Waals surface area contributed by atoms with Gasteiger partial charge in [0.1, 0.15) is 0 Å². The zero-order valence-corrected chi connectivity index (χ0v) is 13.9. The minimum absolute atomic E-state index is 0.531. The lowest BCUT2D eigenvalue weighted by Gasteiger charge is -2.24. The van der Waals surface area contributed by atoms with Crippen LogP contribution in [-0.4, -0.2) is 13.7 Å². The number of alkyl halides is 1. The topological polar surface area (TPSA) is 9.23 Å². The van der Waals surface area contributed by atoms with Gasteiger partial charge in [0.2, 0.25) is 0 Å². The van der Waals surface area contributed by atoms with Crippen molar-refractivity contribution < 1.29 is 4.74 Å². The molecule has 1 aromatic carbocycles. The fourth-order valence-corrected chi connectivity index (χ4v) is 4.97. The molecule has 0 saturated heterocycles. The summed E-state index contributed by atoms with van der Waals surface area (Å²) < 4.78 is 5.13. The summed E-state index contributed by atoms with van der Waals surface area (Å²) in [6.07, 6.45) is 8.32. The molecule has 20 heavy (non-hydrogen) atoms. The number of hydrogen-bond donors (Lipinski definition) is 0. The highest BCUT2D eigenvalue weighted by Gasteiger charge is 2.39. The van der Waals surface area contributed by atoms with Gasteiger partial charge in [-0.2, -0.15) is 0 Å². The molecule has 1 nitrogen and oxygen atoms in total. The van der Waals surface area contributed by atoms with Gasteiger partial charge in [-0.1, -0.05) is 46.6 Å². The molecule has 0 amide bonds. The molecule has 0 spiro atoms. The second kappa shape index (κ2) is 6.62. The van der Waals surface area contributed by atoms with Crippen LogP contribution in [-0.2, 0) is 11.2 Å². The van der Waals surface area contributed by atoms with Crippen molar-refractivity contribution in [2.75, 3.05) is 13.7 Å². The van der Waals surface area contributed by atoms with E-state index in [-0.39, 0.29) is 0 Å². The molecule has 0 aliphatic heterocycles. The number of methoxy groups -OCH3 is 1. The number of fused-ring (bicyclic) bond motifs is 2. The monoisotopic (exact) mass is 336 g/mol. The highest BCUT2D eigenvalue weighted by atomic mass is 79.9. The molecule has 2 saturated carbocycles. The first-order valence-corrected chi connectivity index (χ1v) is 8.89. The van der Waals surface area contributed by atoms with Crippen LogP contribution in [0.1, 0.15) is 48.1 Å². The first kappa shape index (κ1) is 14.6. The minimum atomic E-state index is 0.531. The zero-order valence-electron chi connectivity index (χ0n) is 12.4. The summed E-state index contributed by atoms with van der Waals surface area (Å²) >= 11 is 3.92. The highest BCUT2D eigenvalue weighted by molar-refractivity contribution is 9.09. The van der Waals surface area contributed by atoms with E-state index in [9.17, 15) is 0 Å². The van der Waals surface area contributed by atoms with Crippen molar-refractivity contribution >= 4 is 15.9 Å². The van der Waals surface area contributed by atoms with Gasteiger partial charge in [-0.15, -0.1) is 0 Å². The van der Waals surface area contributed by atoms with E-state index in [4.69, 9.17) is 4.74 Å². The number of rotatable bonds is 6. The Morgan fingerprint density at radius 2 is 2.00 bits per heavy atom. The Kier molecular flexibility index (Phi) is 4.83. The third-order valence-electron chi connectivity index (χ3n) is 5.33. The summed E-state index contributed by atoms with van der Waals surface area (Å²) in [6.45, 7) is 0.808. The predicted octanol–water partition coefficient (Wildman–Crippen LogP) is 5.14. The van der Waals surface area contributed by atoms with E-state index in [1.807, 2.05) is 0 Å². The molecule has 2 bridgehead atoms. The first-order chi connectivity index (χ1) is 9.76. The third-order valence-corrected chi connectivity index (χ3v) is 6.23. The molecule has 0 N–H and O–H groups in total. The molecule has 2 aliphatic carbocycles. The van der Waals surface area contributed by atoms with E-state index in [0.717, 1.165) is 30.8 Å². The largest absolute Gasteiger partial charge is 0.384 e. The highest BCUT2D eigenvalue weighted by Crippen LogP contribution is 2.51. The molecule has 2 fully saturated rings. The van der Waals surface area contributed by atoms with Crippen LogP contribution in [0, 0.1) is 17.8 Å². The molecular weight excluding hydrogens is 312 g/mol. The zero-order chi connectivity index (χ0) is 13.9. The number of halogens is 1. The van der Waals surface area contributed by atoms with E-state index in [0.29, 0.717) is 4.83 Å². The van der Waals surface area contributed by atoms with Gasteiger partial charge in [-0.3, -0.25) is 0 Å². The molecule has 1 aromatic rings. The van der Waals surface area contributed by atoms with Gasteiger partial charge in [0, 0.05) is 11.9 Å². The van der Waals surface area contributed by atoms with Gasteiger partial charge in [-0.05, 0) is 61.0 Å². The SMILES string of the molecule is COCCc1ccc(C(Br)CC2CC3CCC2C3)cc1. The van der Waals surface area contributed by atoms with Crippen LogP contribution in [0.15, 0.2) is 24.3 Å². The molecule has 0 radical (unpaired) electrons. The Hall–Kier alpha value is -0.340. The van der Waals surface area contributed by atoms with Crippen LogP contribution in [0.25, 0.3) is 0 Å². The maximum atomic E-state index is 5.13. The Labute approximate surface area is 131 Å². The lowest BCUT2D eigenvalue weighted by Crippen LogP contribution is -2.12. The van der Waals surface area contributed by atoms with E-state index >= 15 is 0 Å². The van der Waals surface area contributed by atoms with Gasteiger partial charge in [0.25, 0.3) is 0 Å². The maximum Gasteiger partial charge on any atom is 0.0502 e. The second-order valence-electron chi connectivity index (χ2n) is 6.62. The van der Waals surface area contributed by atoms with E-state index in [1.54, 1.807) is 7.11 Å². The number of hydrogen-bond acceptors (Lipinski definition) is 1. The van der Waals surface area contributed by atoms with Gasteiger partial charge in [-0.25, -0.2) is 0 Å². The van der Waals surface area contributed by atoms with Gasteiger partial charge >= 0.3 is 0 Å². The van der Waals surface area contributed by atoms with Gasteiger partial charge < -0.3 is 4.74 Å². The van der Waals surface area contributed by atoms with Crippen molar-refractivity contribution in [1.82, 2.24) is 0 Å². The van der Waals surface area contributed by atoms with Crippen molar-refractivity contribution in [2.45, 2.75) is 43.4 Å². The molecule has 110 valence electrons. The van der Waals surface area contributed by atoms with Crippen molar-refractivity contribution in [3.05, 3.63) is 35.4 Å². The molecule has 2 heteroatoms. The fraction of sp³-hybridized carbons (Fsp3) is 0.667.